The van der Waals surface area contributed by atoms with Crippen LogP contribution in [-0.2, 0) is 9.59 Å². The molecule has 133 valence electrons. The van der Waals surface area contributed by atoms with Crippen molar-refractivity contribution in [1.82, 2.24) is 4.90 Å². The molecular formula is C22H17N2O3. The predicted molar refractivity (Wildman–Crippen MR) is 106 cm³/mol. The predicted octanol–water partition coefficient (Wildman–Crippen LogP) is 4.02. The first-order chi connectivity index (χ1) is 13.2. The van der Waals surface area contributed by atoms with Crippen LogP contribution >= 0.6 is 0 Å². The molecule has 0 aromatic heterocycles. The second-order valence-corrected chi connectivity index (χ2v) is 5.77. The first kappa shape index (κ1) is 18.1. The first-order valence-corrected chi connectivity index (χ1v) is 8.37. The lowest BCUT2D eigenvalue weighted by Gasteiger charge is -2.18. The third-order valence-electron chi connectivity index (χ3n) is 3.98. The maximum atomic E-state index is 12.6. The Morgan fingerprint density at radius 2 is 1.63 bits per heavy atom. The van der Waals surface area contributed by atoms with Gasteiger partial charge in [-0.25, -0.2) is 4.79 Å². The van der Waals surface area contributed by atoms with Crippen LogP contribution in [0.5, 0.6) is 0 Å². The minimum absolute atomic E-state index is 0.450. The highest BCUT2D eigenvalue weighted by molar-refractivity contribution is 6.10. The van der Waals surface area contributed by atoms with Crippen molar-refractivity contribution in [2.24, 2.45) is 0 Å². The molecule has 0 aliphatic carbocycles. The fourth-order valence-electron chi connectivity index (χ4n) is 2.65. The number of nitrogens with one attached hydrogen (secondary N) is 1. The van der Waals surface area contributed by atoms with E-state index >= 15 is 0 Å². The van der Waals surface area contributed by atoms with Crippen molar-refractivity contribution < 1.29 is 14.4 Å². The normalized spacial score (nSPS) is 10.7. The molecule has 0 fully saturated rings. The maximum absolute atomic E-state index is 12.6. The Morgan fingerprint density at radius 3 is 2.41 bits per heavy atom. The number of benzene rings is 3. The second kappa shape index (κ2) is 8.58. The molecule has 0 bridgehead atoms. The number of imide groups is 1. The average molecular weight is 357 g/mol. The van der Waals surface area contributed by atoms with E-state index in [1.54, 1.807) is 18.4 Å². The molecule has 27 heavy (non-hydrogen) atoms. The molecule has 0 saturated carbocycles. The molecule has 0 aliphatic heterocycles. The Balaban J connectivity index is 1.79. The zero-order valence-electron chi connectivity index (χ0n) is 14.5. The van der Waals surface area contributed by atoms with Gasteiger partial charge in [0, 0.05) is 11.5 Å². The van der Waals surface area contributed by atoms with Gasteiger partial charge in [0.05, 0.1) is 12.2 Å². The molecule has 3 aromatic carbocycles. The summed E-state index contributed by atoms with van der Waals surface area (Å²) in [5.74, 6) is -0.597. The topological polar surface area (TPSA) is 66.5 Å². The van der Waals surface area contributed by atoms with Gasteiger partial charge in [0.15, 0.2) is 0 Å². The SMILES string of the molecule is O=[C]CN(C(=O)C=Cc1ccccc1)C(=O)Nc1cccc2ccccc12. The van der Waals surface area contributed by atoms with E-state index in [1.807, 2.05) is 66.7 Å². The van der Waals surface area contributed by atoms with Gasteiger partial charge >= 0.3 is 6.03 Å². The maximum Gasteiger partial charge on any atom is 0.329 e. The summed E-state index contributed by atoms with van der Waals surface area (Å²) >= 11 is 0. The first-order valence-electron chi connectivity index (χ1n) is 8.37. The quantitative estimate of drug-likeness (QED) is 0.701. The summed E-state index contributed by atoms with van der Waals surface area (Å²) in [4.78, 5) is 36.6. The van der Waals surface area contributed by atoms with Crippen LogP contribution in [0.4, 0.5) is 10.5 Å². The van der Waals surface area contributed by atoms with Crippen molar-refractivity contribution in [1.29, 1.82) is 0 Å². The van der Waals surface area contributed by atoms with Crippen LogP contribution in [0.1, 0.15) is 5.56 Å². The summed E-state index contributed by atoms with van der Waals surface area (Å²) < 4.78 is 0. The van der Waals surface area contributed by atoms with Crippen molar-refractivity contribution >= 4 is 40.8 Å². The number of rotatable bonds is 5. The van der Waals surface area contributed by atoms with Crippen molar-refractivity contribution in [3.8, 4) is 0 Å². The van der Waals surface area contributed by atoms with Crippen LogP contribution in [0, 0.1) is 0 Å². The van der Waals surface area contributed by atoms with E-state index in [1.165, 1.54) is 6.08 Å². The second-order valence-electron chi connectivity index (χ2n) is 5.77. The third kappa shape index (κ3) is 4.46. The lowest BCUT2D eigenvalue weighted by Crippen LogP contribution is -2.40. The van der Waals surface area contributed by atoms with Gasteiger partial charge in [-0.2, -0.15) is 0 Å². The molecule has 3 amide bonds. The molecule has 3 rings (SSSR count). The van der Waals surface area contributed by atoms with Crippen LogP contribution in [0.25, 0.3) is 16.8 Å². The van der Waals surface area contributed by atoms with Gasteiger partial charge in [-0.15, -0.1) is 0 Å². The summed E-state index contributed by atoms with van der Waals surface area (Å²) in [6.45, 7) is -0.450. The van der Waals surface area contributed by atoms with E-state index in [-0.39, 0.29) is 0 Å². The number of amides is 3. The molecule has 1 N–H and O–H groups in total. The molecule has 0 saturated heterocycles. The number of nitrogens with zero attached hydrogens (tertiary/aromatic N) is 1. The minimum atomic E-state index is -0.683. The molecular weight excluding hydrogens is 340 g/mol. The fourth-order valence-corrected chi connectivity index (χ4v) is 2.65. The molecule has 0 spiro atoms. The summed E-state index contributed by atoms with van der Waals surface area (Å²) in [6.07, 6.45) is 4.46. The Kier molecular flexibility index (Phi) is 5.74. The van der Waals surface area contributed by atoms with Gasteiger partial charge in [0.25, 0.3) is 5.91 Å². The number of urea groups is 1. The van der Waals surface area contributed by atoms with E-state index < -0.39 is 18.5 Å². The van der Waals surface area contributed by atoms with Crippen LogP contribution < -0.4 is 5.32 Å². The molecule has 5 nitrogen and oxygen atoms in total. The van der Waals surface area contributed by atoms with Crippen LogP contribution in [0.3, 0.4) is 0 Å². The van der Waals surface area contributed by atoms with Crippen molar-refractivity contribution in [2.75, 3.05) is 11.9 Å². The molecule has 0 aliphatic rings. The molecule has 5 heteroatoms. The summed E-state index contributed by atoms with van der Waals surface area (Å²) in [5, 5.41) is 4.50. The number of carbonyl (C=O) groups is 2. The van der Waals surface area contributed by atoms with E-state index in [0.29, 0.717) is 5.69 Å². The summed E-state index contributed by atoms with van der Waals surface area (Å²) in [5.41, 5.74) is 1.38. The van der Waals surface area contributed by atoms with Crippen molar-refractivity contribution in [3.05, 3.63) is 84.4 Å². The van der Waals surface area contributed by atoms with Gasteiger partial charge in [-0.05, 0) is 23.1 Å². The van der Waals surface area contributed by atoms with Crippen LogP contribution in [-0.4, -0.2) is 29.7 Å². The average Bonchev–Trinajstić information content (AvgIpc) is 2.71. The van der Waals surface area contributed by atoms with Crippen molar-refractivity contribution in [2.45, 2.75) is 0 Å². The molecule has 1 radical (unpaired) electrons. The Hall–Kier alpha value is -3.73. The van der Waals surface area contributed by atoms with Gasteiger partial charge in [0.2, 0.25) is 6.29 Å². The van der Waals surface area contributed by atoms with E-state index in [0.717, 1.165) is 21.2 Å². The number of anilines is 1. The number of hydrogen-bond acceptors (Lipinski definition) is 3. The Labute approximate surface area is 156 Å². The van der Waals surface area contributed by atoms with Crippen molar-refractivity contribution in [3.63, 3.8) is 0 Å². The molecule has 0 atom stereocenters. The van der Waals surface area contributed by atoms with E-state index in [2.05, 4.69) is 5.32 Å². The molecule has 3 aromatic rings. The largest absolute Gasteiger partial charge is 0.329 e. The zero-order valence-corrected chi connectivity index (χ0v) is 14.5. The van der Waals surface area contributed by atoms with Gasteiger partial charge in [-0.1, -0.05) is 66.7 Å². The highest BCUT2D eigenvalue weighted by atomic mass is 16.2. The number of carbonyl (C=O) groups excluding carboxylic acids is 3. The number of fused-ring (bicyclic) bond motifs is 1. The molecule has 0 heterocycles. The lowest BCUT2D eigenvalue weighted by molar-refractivity contribution is -0.122. The smallest absolute Gasteiger partial charge is 0.307 e. The zero-order chi connectivity index (χ0) is 19.1. The lowest BCUT2D eigenvalue weighted by atomic mass is 10.1. The Morgan fingerprint density at radius 1 is 0.926 bits per heavy atom. The highest BCUT2D eigenvalue weighted by Gasteiger charge is 2.20. The Bertz CT molecular complexity index is 991. The molecule has 0 unspecified atom stereocenters. The van der Waals surface area contributed by atoms with Crippen LogP contribution in [0.15, 0.2) is 78.9 Å². The van der Waals surface area contributed by atoms with Gasteiger partial charge < -0.3 is 5.32 Å². The fraction of sp³-hybridized carbons (Fsp3) is 0.0455. The van der Waals surface area contributed by atoms with E-state index in [9.17, 15) is 14.4 Å². The number of hydrogen-bond donors (Lipinski definition) is 1. The minimum Gasteiger partial charge on any atom is -0.307 e. The van der Waals surface area contributed by atoms with Crippen LogP contribution in [0.2, 0.25) is 0 Å². The summed E-state index contributed by atoms with van der Waals surface area (Å²) in [7, 11) is 0. The highest BCUT2D eigenvalue weighted by Crippen LogP contribution is 2.23. The third-order valence-corrected chi connectivity index (χ3v) is 3.98. The van der Waals surface area contributed by atoms with E-state index in [4.69, 9.17) is 0 Å². The monoisotopic (exact) mass is 357 g/mol. The van der Waals surface area contributed by atoms with Gasteiger partial charge in [-0.3, -0.25) is 14.5 Å². The standard InChI is InChI=1S/C22H17N2O3/c25-16-15-24(21(26)14-13-17-7-2-1-3-8-17)22(27)23-20-12-6-10-18-9-4-5-11-19(18)20/h1-14H,15H2,(H,23,27). The van der Waals surface area contributed by atoms with Gasteiger partial charge in [0.1, 0.15) is 0 Å². The summed E-state index contributed by atoms with van der Waals surface area (Å²) in [6, 6.07) is 21.6.